The van der Waals surface area contributed by atoms with Crippen molar-refractivity contribution in [2.75, 3.05) is 4.90 Å². The molecule has 0 fully saturated rings. The third-order valence-electron chi connectivity index (χ3n) is 10.9. The van der Waals surface area contributed by atoms with Crippen LogP contribution in [-0.4, -0.2) is 0 Å². The largest absolute Gasteiger partial charge is 0.456 e. The molecular weight excluding hydrogens is 671 g/mol. The molecular formula is C52H33NO2. The highest BCUT2D eigenvalue weighted by atomic mass is 16.3. The minimum Gasteiger partial charge on any atom is -0.456 e. The van der Waals surface area contributed by atoms with Crippen molar-refractivity contribution in [2.24, 2.45) is 0 Å². The van der Waals surface area contributed by atoms with Gasteiger partial charge in [0.2, 0.25) is 0 Å². The standard InChI is InChI=1S/C52H33NO2/c1-2-12-34(13-3-1)37-15-10-16-40(32-37)53(39-28-24-35(25-29-39)38-27-30-44-43-19-7-9-22-48(43)54-50(44)33-38)47-21-8-6-18-42(47)45-20-11-23-49-51(45)46-31-26-36-14-4-5-17-41(36)52(46)55-49/h1-33H. The summed E-state index contributed by atoms with van der Waals surface area (Å²) in [6, 6.07) is 71.0. The van der Waals surface area contributed by atoms with Gasteiger partial charge in [-0.05, 0) is 93.9 Å². The van der Waals surface area contributed by atoms with Crippen molar-refractivity contribution in [3.63, 3.8) is 0 Å². The number of furan rings is 2. The lowest BCUT2D eigenvalue weighted by Gasteiger charge is -2.28. The van der Waals surface area contributed by atoms with Crippen LogP contribution in [0.25, 0.3) is 88.0 Å². The Kier molecular flexibility index (Phi) is 7.17. The van der Waals surface area contributed by atoms with Gasteiger partial charge in [0.05, 0.1) is 5.69 Å². The molecule has 0 atom stereocenters. The molecule has 0 aliphatic carbocycles. The van der Waals surface area contributed by atoms with E-state index in [9.17, 15) is 0 Å². The summed E-state index contributed by atoms with van der Waals surface area (Å²) in [7, 11) is 0. The molecule has 0 amide bonds. The highest BCUT2D eigenvalue weighted by molar-refractivity contribution is 6.19. The summed E-state index contributed by atoms with van der Waals surface area (Å²) in [5.74, 6) is 0. The summed E-state index contributed by atoms with van der Waals surface area (Å²) >= 11 is 0. The van der Waals surface area contributed by atoms with Crippen molar-refractivity contribution in [2.45, 2.75) is 0 Å². The molecule has 0 aliphatic heterocycles. The van der Waals surface area contributed by atoms with Crippen molar-refractivity contribution in [3.05, 3.63) is 200 Å². The van der Waals surface area contributed by atoms with E-state index in [1.54, 1.807) is 0 Å². The van der Waals surface area contributed by atoms with Crippen LogP contribution < -0.4 is 4.90 Å². The molecule has 3 nitrogen and oxygen atoms in total. The van der Waals surface area contributed by atoms with Gasteiger partial charge in [0.15, 0.2) is 0 Å². The molecule has 258 valence electrons. The molecule has 55 heavy (non-hydrogen) atoms. The number of para-hydroxylation sites is 2. The molecule has 0 saturated heterocycles. The Morgan fingerprint density at radius 2 is 0.964 bits per heavy atom. The van der Waals surface area contributed by atoms with Crippen LogP contribution in [0.15, 0.2) is 209 Å². The third kappa shape index (κ3) is 5.20. The van der Waals surface area contributed by atoms with Crippen molar-refractivity contribution in [1.29, 1.82) is 0 Å². The van der Waals surface area contributed by atoms with Crippen LogP contribution in [0.4, 0.5) is 17.1 Å². The predicted octanol–water partition coefficient (Wildman–Crippen LogP) is 15.1. The second kappa shape index (κ2) is 12.6. The Bertz CT molecular complexity index is 3210. The maximum Gasteiger partial charge on any atom is 0.143 e. The monoisotopic (exact) mass is 703 g/mol. The maximum absolute atomic E-state index is 6.64. The van der Waals surface area contributed by atoms with Crippen LogP contribution >= 0.6 is 0 Å². The molecule has 11 aromatic rings. The molecule has 0 aliphatic rings. The zero-order valence-corrected chi connectivity index (χ0v) is 29.8. The Balaban J connectivity index is 1.09. The number of rotatable bonds is 6. The van der Waals surface area contributed by atoms with Crippen LogP contribution in [0.2, 0.25) is 0 Å². The number of fused-ring (bicyclic) bond motifs is 8. The smallest absolute Gasteiger partial charge is 0.143 e. The third-order valence-corrected chi connectivity index (χ3v) is 10.9. The van der Waals surface area contributed by atoms with Crippen LogP contribution in [0.3, 0.4) is 0 Å². The predicted molar refractivity (Wildman–Crippen MR) is 229 cm³/mol. The Morgan fingerprint density at radius 1 is 0.327 bits per heavy atom. The average molecular weight is 704 g/mol. The molecule has 0 radical (unpaired) electrons. The zero-order chi connectivity index (χ0) is 36.3. The van der Waals surface area contributed by atoms with Gasteiger partial charge in [-0.1, -0.05) is 140 Å². The molecule has 2 aromatic heterocycles. The number of benzene rings is 9. The van der Waals surface area contributed by atoms with Gasteiger partial charge in [0, 0.05) is 43.9 Å². The molecule has 3 heteroatoms. The summed E-state index contributed by atoms with van der Waals surface area (Å²) < 4.78 is 12.9. The van der Waals surface area contributed by atoms with E-state index in [4.69, 9.17) is 8.83 Å². The van der Waals surface area contributed by atoms with Gasteiger partial charge in [-0.25, -0.2) is 0 Å². The van der Waals surface area contributed by atoms with E-state index in [0.29, 0.717) is 0 Å². The summed E-state index contributed by atoms with van der Waals surface area (Å²) in [5, 5.41) is 6.79. The first kappa shape index (κ1) is 31.2. The van der Waals surface area contributed by atoms with E-state index in [1.165, 1.54) is 10.9 Å². The molecule has 2 heterocycles. The summed E-state index contributed by atoms with van der Waals surface area (Å²) in [6.07, 6.45) is 0. The van der Waals surface area contributed by atoms with E-state index in [0.717, 1.165) is 94.1 Å². The SMILES string of the molecule is c1ccc(-c2cccc(N(c3ccc(-c4ccc5c(c4)oc4ccccc45)cc3)c3ccccc3-c3cccc4oc5c6ccccc6ccc5c34)c2)cc1. The summed E-state index contributed by atoms with van der Waals surface area (Å²) in [6.45, 7) is 0. The van der Waals surface area contributed by atoms with Crippen LogP contribution in [0.1, 0.15) is 0 Å². The molecule has 0 N–H and O–H groups in total. The summed E-state index contributed by atoms with van der Waals surface area (Å²) in [4.78, 5) is 2.38. The first-order chi connectivity index (χ1) is 27.3. The number of hydrogen-bond donors (Lipinski definition) is 0. The Labute approximate surface area is 317 Å². The molecule has 0 spiro atoms. The van der Waals surface area contributed by atoms with Gasteiger partial charge < -0.3 is 13.7 Å². The molecule has 11 rings (SSSR count). The zero-order valence-electron chi connectivity index (χ0n) is 29.8. The minimum absolute atomic E-state index is 0.877. The molecule has 9 aromatic carbocycles. The van der Waals surface area contributed by atoms with E-state index in [1.807, 2.05) is 12.1 Å². The normalized spacial score (nSPS) is 11.6. The first-order valence-electron chi connectivity index (χ1n) is 18.7. The summed E-state index contributed by atoms with van der Waals surface area (Å²) in [5.41, 5.74) is 13.6. The van der Waals surface area contributed by atoms with Gasteiger partial charge in [-0.3, -0.25) is 0 Å². The fourth-order valence-electron chi connectivity index (χ4n) is 8.27. The Hall–Kier alpha value is -7.36. The Morgan fingerprint density at radius 3 is 1.87 bits per heavy atom. The fraction of sp³-hybridized carbons (Fsp3) is 0. The van der Waals surface area contributed by atoms with E-state index in [2.05, 4.69) is 193 Å². The van der Waals surface area contributed by atoms with Gasteiger partial charge in [0.25, 0.3) is 0 Å². The van der Waals surface area contributed by atoms with Gasteiger partial charge >= 0.3 is 0 Å². The van der Waals surface area contributed by atoms with Crippen molar-refractivity contribution in [1.82, 2.24) is 0 Å². The van der Waals surface area contributed by atoms with Gasteiger partial charge in [-0.2, -0.15) is 0 Å². The van der Waals surface area contributed by atoms with Crippen molar-refractivity contribution >= 4 is 71.7 Å². The van der Waals surface area contributed by atoms with Crippen molar-refractivity contribution in [3.8, 4) is 33.4 Å². The quantitative estimate of drug-likeness (QED) is 0.173. The van der Waals surface area contributed by atoms with E-state index in [-0.39, 0.29) is 0 Å². The highest BCUT2D eigenvalue weighted by Crippen LogP contribution is 2.46. The van der Waals surface area contributed by atoms with E-state index < -0.39 is 0 Å². The van der Waals surface area contributed by atoms with Gasteiger partial charge in [-0.15, -0.1) is 0 Å². The number of anilines is 3. The second-order valence-electron chi connectivity index (χ2n) is 14.1. The topological polar surface area (TPSA) is 29.5 Å². The lowest BCUT2D eigenvalue weighted by molar-refractivity contribution is 0.669. The fourth-order valence-corrected chi connectivity index (χ4v) is 8.27. The van der Waals surface area contributed by atoms with Crippen LogP contribution in [0.5, 0.6) is 0 Å². The first-order valence-corrected chi connectivity index (χ1v) is 18.7. The van der Waals surface area contributed by atoms with Gasteiger partial charge in [0.1, 0.15) is 22.3 Å². The lowest BCUT2D eigenvalue weighted by atomic mass is 9.95. The van der Waals surface area contributed by atoms with E-state index >= 15 is 0 Å². The average Bonchev–Trinajstić information content (AvgIpc) is 3.83. The van der Waals surface area contributed by atoms with Crippen molar-refractivity contribution < 1.29 is 8.83 Å². The minimum atomic E-state index is 0.877. The maximum atomic E-state index is 6.64. The number of nitrogens with zero attached hydrogens (tertiary/aromatic N) is 1. The molecule has 0 saturated carbocycles. The van der Waals surface area contributed by atoms with Crippen LogP contribution in [0, 0.1) is 0 Å². The highest BCUT2D eigenvalue weighted by Gasteiger charge is 2.21. The molecule has 0 bridgehead atoms. The molecule has 0 unspecified atom stereocenters. The second-order valence-corrected chi connectivity index (χ2v) is 14.1. The lowest BCUT2D eigenvalue weighted by Crippen LogP contribution is -2.11. The number of hydrogen-bond acceptors (Lipinski definition) is 3. The van der Waals surface area contributed by atoms with Crippen LogP contribution in [-0.2, 0) is 0 Å².